The van der Waals surface area contributed by atoms with Crippen LogP contribution in [0.3, 0.4) is 0 Å². The van der Waals surface area contributed by atoms with Crippen LogP contribution in [0.25, 0.3) is 0 Å². The second-order valence-electron chi connectivity index (χ2n) is 8.13. The van der Waals surface area contributed by atoms with Gasteiger partial charge in [-0.25, -0.2) is 19.7 Å². The molecule has 3 heterocycles. The van der Waals surface area contributed by atoms with E-state index in [4.69, 9.17) is 16.7 Å². The number of aliphatic carboxylic acids is 1. The summed E-state index contributed by atoms with van der Waals surface area (Å²) in [5.41, 5.74) is 1.51. The number of halogens is 1. The molecule has 0 atom stereocenters. The van der Waals surface area contributed by atoms with Gasteiger partial charge in [-0.05, 0) is 32.4 Å². The van der Waals surface area contributed by atoms with E-state index in [1.165, 1.54) is 24.5 Å². The van der Waals surface area contributed by atoms with Crippen molar-refractivity contribution in [1.82, 2.24) is 20.0 Å². The zero-order chi connectivity index (χ0) is 25.8. The Bertz CT molecular complexity index is 1300. The maximum absolute atomic E-state index is 12.7. The fourth-order valence-electron chi connectivity index (χ4n) is 3.57. The van der Waals surface area contributed by atoms with E-state index in [-0.39, 0.29) is 11.6 Å². The molecule has 0 unspecified atom stereocenters. The van der Waals surface area contributed by atoms with Crippen molar-refractivity contribution < 1.29 is 14.7 Å². The van der Waals surface area contributed by atoms with E-state index in [9.17, 15) is 9.59 Å². The van der Waals surface area contributed by atoms with E-state index in [0.717, 1.165) is 11.4 Å². The Morgan fingerprint density at radius 2 is 1.92 bits per heavy atom. The van der Waals surface area contributed by atoms with Gasteiger partial charge in [-0.15, -0.1) is 0 Å². The molecule has 0 spiro atoms. The molecule has 1 saturated heterocycles. The normalized spacial score (nSPS) is 14.1. The molecule has 13 heteroatoms. The highest BCUT2D eigenvalue weighted by Crippen LogP contribution is 2.28. The van der Waals surface area contributed by atoms with Crippen molar-refractivity contribution in [2.24, 2.45) is 5.10 Å². The summed E-state index contributed by atoms with van der Waals surface area (Å²) in [5, 5.41) is 21.9. The molecule has 0 radical (unpaired) electrons. The summed E-state index contributed by atoms with van der Waals surface area (Å²) in [7, 11) is 0. The van der Waals surface area contributed by atoms with E-state index < -0.39 is 5.97 Å². The Morgan fingerprint density at radius 3 is 2.61 bits per heavy atom. The van der Waals surface area contributed by atoms with Crippen molar-refractivity contribution in [2.45, 2.75) is 20.8 Å². The third kappa shape index (κ3) is 6.07. The molecule has 36 heavy (non-hydrogen) atoms. The van der Waals surface area contributed by atoms with Crippen molar-refractivity contribution in [3.8, 4) is 0 Å². The summed E-state index contributed by atoms with van der Waals surface area (Å²) in [6.45, 7) is 7.58. The predicted octanol–water partition coefficient (Wildman–Crippen LogP) is 3.78. The average molecular weight is 529 g/mol. The number of thiazole rings is 1. The number of nitrogens with zero attached hydrogens (tertiary/aromatic N) is 6. The van der Waals surface area contributed by atoms with Crippen LogP contribution in [0, 0.1) is 13.8 Å². The number of amides is 1. The highest BCUT2D eigenvalue weighted by atomic mass is 35.5. The monoisotopic (exact) mass is 528 g/mol. The molecule has 1 aliphatic rings. The van der Waals surface area contributed by atoms with Crippen LogP contribution in [0.15, 0.2) is 35.6 Å². The molecule has 1 aromatic carbocycles. The number of benzene rings is 1. The van der Waals surface area contributed by atoms with E-state index in [1.807, 2.05) is 25.1 Å². The average Bonchev–Trinajstić information content (AvgIpc) is 3.30. The summed E-state index contributed by atoms with van der Waals surface area (Å²) in [5.74, 6) is 0.562. The minimum Gasteiger partial charge on any atom is -0.477 e. The molecule has 1 aliphatic heterocycles. The van der Waals surface area contributed by atoms with Crippen molar-refractivity contribution in [3.05, 3.63) is 51.7 Å². The zero-order valence-electron chi connectivity index (χ0n) is 19.9. The lowest BCUT2D eigenvalue weighted by atomic mass is 10.2. The first-order chi connectivity index (χ1) is 17.2. The maximum atomic E-state index is 12.7. The second-order valence-corrected chi connectivity index (χ2v) is 9.57. The minimum absolute atomic E-state index is 0.0614. The Labute approximate surface area is 216 Å². The highest BCUT2D eigenvalue weighted by molar-refractivity contribution is 7.17. The number of hydrogen-bond acceptors (Lipinski definition) is 10. The number of rotatable bonds is 7. The van der Waals surface area contributed by atoms with Crippen molar-refractivity contribution in [3.63, 3.8) is 0 Å². The molecule has 4 rings (SSSR count). The number of aromatic nitrogens is 3. The maximum Gasteiger partial charge on any atom is 0.351 e. The van der Waals surface area contributed by atoms with Crippen LogP contribution in [-0.4, -0.2) is 68.8 Å². The lowest BCUT2D eigenvalue weighted by molar-refractivity contribution is -0.129. The fourth-order valence-corrected chi connectivity index (χ4v) is 4.56. The number of piperazine rings is 1. The van der Waals surface area contributed by atoms with Crippen LogP contribution >= 0.6 is 22.9 Å². The molecular formula is C23H25ClN8O3S. The van der Waals surface area contributed by atoms with Crippen molar-refractivity contribution in [1.29, 1.82) is 0 Å². The summed E-state index contributed by atoms with van der Waals surface area (Å²) >= 11 is 7.42. The Morgan fingerprint density at radius 1 is 1.17 bits per heavy atom. The number of carboxylic acid groups (broad SMARTS) is 1. The Kier molecular flexibility index (Phi) is 7.65. The van der Waals surface area contributed by atoms with Crippen molar-refractivity contribution >= 4 is 63.0 Å². The topological polar surface area (TPSA) is 136 Å². The predicted molar refractivity (Wildman–Crippen MR) is 141 cm³/mol. The number of para-hydroxylation sites is 1. The smallest absolute Gasteiger partial charge is 0.351 e. The number of carboxylic acids is 1. The molecule has 3 N–H and O–H groups in total. The first kappa shape index (κ1) is 25.3. The second kappa shape index (κ2) is 10.9. The van der Waals surface area contributed by atoms with Gasteiger partial charge in [-0.1, -0.05) is 35.1 Å². The van der Waals surface area contributed by atoms with Gasteiger partial charge in [0.2, 0.25) is 0 Å². The number of hydrazone groups is 1. The van der Waals surface area contributed by atoms with Gasteiger partial charge in [0, 0.05) is 19.2 Å². The lowest BCUT2D eigenvalue weighted by Gasteiger charge is -2.34. The Balaban J connectivity index is 1.42. The molecule has 0 saturated carbocycles. The molecule has 188 valence electrons. The third-order valence-electron chi connectivity index (χ3n) is 5.43. The SMILES string of the molecule is C/C(=N\N1CCN(c2cc(Nc3ncc(C(=O)Nc4c(C)cccc4Cl)s3)nc(C)n2)CC1)C(=O)O. The van der Waals surface area contributed by atoms with E-state index in [2.05, 4.69) is 35.6 Å². The lowest BCUT2D eigenvalue weighted by Crippen LogP contribution is -2.45. The van der Waals surface area contributed by atoms with Gasteiger partial charge in [0.15, 0.2) is 5.13 Å². The van der Waals surface area contributed by atoms with Gasteiger partial charge < -0.3 is 20.6 Å². The summed E-state index contributed by atoms with van der Waals surface area (Å²) < 4.78 is 0. The highest BCUT2D eigenvalue weighted by Gasteiger charge is 2.20. The molecule has 0 bridgehead atoms. The van der Waals surface area contributed by atoms with Gasteiger partial charge in [0.1, 0.15) is 28.0 Å². The van der Waals surface area contributed by atoms with Crippen LogP contribution in [0.4, 0.5) is 22.5 Å². The first-order valence-corrected chi connectivity index (χ1v) is 12.3. The quantitative estimate of drug-likeness (QED) is 0.391. The molecule has 2 aromatic heterocycles. The van der Waals surface area contributed by atoms with E-state index in [0.29, 0.717) is 58.5 Å². The van der Waals surface area contributed by atoms with Crippen molar-refractivity contribution in [2.75, 3.05) is 41.7 Å². The Hall–Kier alpha value is -3.77. The number of carbonyl (C=O) groups excluding carboxylic acids is 1. The van der Waals surface area contributed by atoms with Gasteiger partial charge in [-0.2, -0.15) is 5.10 Å². The van der Waals surface area contributed by atoms with Crippen LogP contribution in [0.5, 0.6) is 0 Å². The zero-order valence-corrected chi connectivity index (χ0v) is 21.5. The molecule has 1 fully saturated rings. The van der Waals surface area contributed by atoms with Gasteiger partial charge in [0.25, 0.3) is 5.91 Å². The molecule has 0 aliphatic carbocycles. The number of aryl methyl sites for hydroxylation is 2. The fraction of sp³-hybridized carbons (Fsp3) is 0.304. The van der Waals surface area contributed by atoms with E-state index >= 15 is 0 Å². The van der Waals surface area contributed by atoms with Gasteiger partial charge >= 0.3 is 5.97 Å². The van der Waals surface area contributed by atoms with Crippen LogP contribution < -0.4 is 15.5 Å². The van der Waals surface area contributed by atoms with Crippen LogP contribution in [0.2, 0.25) is 5.02 Å². The standard InChI is InChI=1S/C23H25ClN8O3S/c1-13-5-4-6-16(24)20(13)29-21(33)17-12-25-23(36-17)28-18-11-19(27-15(3)26-18)31-7-9-32(10-8-31)30-14(2)22(34)35/h4-6,11-12H,7-10H2,1-3H3,(H,29,33)(H,34,35)(H,25,26,27,28)/b30-14+. The molecular weight excluding hydrogens is 504 g/mol. The molecule has 1 amide bonds. The van der Waals surface area contributed by atoms with E-state index in [1.54, 1.807) is 18.0 Å². The third-order valence-corrected chi connectivity index (χ3v) is 6.66. The summed E-state index contributed by atoms with van der Waals surface area (Å²) in [6, 6.07) is 7.25. The number of nitrogens with one attached hydrogen (secondary N) is 2. The first-order valence-electron chi connectivity index (χ1n) is 11.1. The van der Waals surface area contributed by atoms with Crippen LogP contribution in [0.1, 0.15) is 28.0 Å². The minimum atomic E-state index is -1.03. The van der Waals surface area contributed by atoms with Gasteiger partial charge in [0.05, 0.1) is 30.0 Å². The largest absolute Gasteiger partial charge is 0.477 e. The summed E-state index contributed by atoms with van der Waals surface area (Å²) in [4.78, 5) is 39.6. The number of carbonyl (C=O) groups is 2. The summed E-state index contributed by atoms with van der Waals surface area (Å²) in [6.07, 6.45) is 1.50. The van der Waals surface area contributed by atoms with Gasteiger partial charge in [-0.3, -0.25) is 9.80 Å². The molecule has 11 nitrogen and oxygen atoms in total. The molecule has 3 aromatic rings. The number of hydrogen-bond donors (Lipinski definition) is 3. The van der Waals surface area contributed by atoms with Crippen LogP contribution in [-0.2, 0) is 4.79 Å². The number of anilines is 4.